The second kappa shape index (κ2) is 10.0. The minimum atomic E-state index is 0.831. The van der Waals surface area contributed by atoms with Crippen LogP contribution >= 0.6 is 0 Å². The molecule has 10 aromatic rings. The van der Waals surface area contributed by atoms with Gasteiger partial charge in [-0.25, -0.2) is 9.97 Å². The van der Waals surface area contributed by atoms with Crippen LogP contribution in [0.25, 0.3) is 89.1 Å². The molecule has 4 heterocycles. The summed E-state index contributed by atoms with van der Waals surface area (Å²) in [7, 11) is 0. The Morgan fingerprint density at radius 3 is 1.94 bits per heavy atom. The van der Waals surface area contributed by atoms with Gasteiger partial charge in [0.15, 0.2) is 0 Å². The molecular formula is C42H26N4O. The summed E-state index contributed by atoms with van der Waals surface area (Å²) in [4.78, 5) is 10.3. The van der Waals surface area contributed by atoms with Gasteiger partial charge in [0.1, 0.15) is 11.2 Å². The Hall–Kier alpha value is -6.46. The highest BCUT2D eigenvalue weighted by Gasteiger charge is 2.21. The molecule has 47 heavy (non-hydrogen) atoms. The summed E-state index contributed by atoms with van der Waals surface area (Å²) in [5.41, 5.74) is 13.2. The van der Waals surface area contributed by atoms with Crippen molar-refractivity contribution in [2.75, 3.05) is 0 Å². The molecule has 0 unspecified atom stereocenters. The lowest BCUT2D eigenvalue weighted by Gasteiger charge is -2.11. The predicted octanol–water partition coefficient (Wildman–Crippen LogP) is 10.7. The zero-order valence-electron chi connectivity index (χ0n) is 25.2. The number of aromatic nitrogens is 4. The summed E-state index contributed by atoms with van der Waals surface area (Å²) in [5, 5.41) is 2.08. The highest BCUT2D eigenvalue weighted by atomic mass is 16.3. The fourth-order valence-electron chi connectivity index (χ4n) is 6.97. The molecular weight excluding hydrogens is 576 g/mol. The van der Waals surface area contributed by atoms with Gasteiger partial charge in [0.25, 0.3) is 0 Å². The van der Waals surface area contributed by atoms with Crippen LogP contribution in [0.1, 0.15) is 0 Å². The minimum Gasteiger partial charge on any atom is -0.456 e. The van der Waals surface area contributed by atoms with Gasteiger partial charge in [-0.05, 0) is 77.9 Å². The van der Waals surface area contributed by atoms with Crippen molar-refractivity contribution >= 4 is 49.8 Å². The summed E-state index contributed by atoms with van der Waals surface area (Å²) in [6, 6.07) is 54.7. The topological polar surface area (TPSA) is 48.3 Å². The summed E-state index contributed by atoms with van der Waals surface area (Å²) in [6.07, 6.45) is 0. The number of para-hydroxylation sites is 4. The van der Waals surface area contributed by atoms with Crippen LogP contribution in [0.2, 0.25) is 0 Å². The van der Waals surface area contributed by atoms with E-state index in [0.29, 0.717) is 0 Å². The standard InChI is InChI=1S/C42H26N4O/c1-3-12-27(13-4-1)30-25-33(28-14-5-2-6-15-28)43-34(26-30)29-22-23-39-31(24-29)41-38(20-11-21-40(41)47-39)46-37-19-10-9-18-36(37)45-35-17-8-7-16-32(35)44-42(45)46/h1-26H. The van der Waals surface area contributed by atoms with E-state index in [4.69, 9.17) is 14.4 Å². The molecule has 0 saturated heterocycles. The van der Waals surface area contributed by atoms with E-state index in [-0.39, 0.29) is 0 Å². The van der Waals surface area contributed by atoms with Gasteiger partial charge >= 0.3 is 0 Å². The number of rotatable bonds is 4. The van der Waals surface area contributed by atoms with Crippen LogP contribution in [0.15, 0.2) is 162 Å². The summed E-state index contributed by atoms with van der Waals surface area (Å²) < 4.78 is 11.0. The molecule has 10 rings (SSSR count). The van der Waals surface area contributed by atoms with E-state index in [1.807, 2.05) is 24.3 Å². The van der Waals surface area contributed by atoms with Crippen LogP contribution < -0.4 is 0 Å². The lowest BCUT2D eigenvalue weighted by atomic mass is 9.99. The average Bonchev–Trinajstić information content (AvgIpc) is 3.80. The third-order valence-electron chi connectivity index (χ3n) is 9.12. The fourth-order valence-corrected chi connectivity index (χ4v) is 6.97. The normalized spacial score (nSPS) is 11.8. The van der Waals surface area contributed by atoms with Gasteiger partial charge < -0.3 is 4.42 Å². The van der Waals surface area contributed by atoms with Crippen molar-refractivity contribution < 1.29 is 4.42 Å². The van der Waals surface area contributed by atoms with Crippen molar-refractivity contribution in [3.8, 4) is 39.3 Å². The third-order valence-corrected chi connectivity index (χ3v) is 9.12. The summed E-state index contributed by atoms with van der Waals surface area (Å²) >= 11 is 0. The van der Waals surface area contributed by atoms with E-state index in [1.165, 1.54) is 0 Å². The molecule has 0 aliphatic carbocycles. The van der Waals surface area contributed by atoms with Crippen LogP contribution in [-0.2, 0) is 0 Å². The lowest BCUT2D eigenvalue weighted by molar-refractivity contribution is 0.669. The van der Waals surface area contributed by atoms with Crippen LogP contribution in [0.5, 0.6) is 0 Å². The maximum Gasteiger partial charge on any atom is 0.220 e. The zero-order chi connectivity index (χ0) is 30.9. The average molecular weight is 603 g/mol. The Morgan fingerprint density at radius 1 is 0.447 bits per heavy atom. The van der Waals surface area contributed by atoms with Crippen LogP contribution in [0, 0.1) is 0 Å². The molecule has 0 saturated carbocycles. The molecule has 6 aromatic carbocycles. The fraction of sp³-hybridized carbons (Fsp3) is 0. The quantitative estimate of drug-likeness (QED) is 0.201. The van der Waals surface area contributed by atoms with E-state index < -0.39 is 0 Å². The Bertz CT molecular complexity index is 2730. The molecule has 4 aromatic heterocycles. The van der Waals surface area contributed by atoms with Crippen molar-refractivity contribution in [3.63, 3.8) is 0 Å². The molecule has 0 aliphatic rings. The number of hydrogen-bond acceptors (Lipinski definition) is 3. The molecule has 0 fully saturated rings. The molecule has 0 N–H and O–H groups in total. The van der Waals surface area contributed by atoms with Crippen molar-refractivity contribution in [2.24, 2.45) is 0 Å². The number of imidazole rings is 2. The highest BCUT2D eigenvalue weighted by Crippen LogP contribution is 2.39. The number of pyridine rings is 1. The van der Waals surface area contributed by atoms with E-state index >= 15 is 0 Å². The molecule has 0 amide bonds. The Balaban J connectivity index is 1.24. The number of nitrogens with zero attached hydrogens (tertiary/aromatic N) is 4. The number of fused-ring (bicyclic) bond motifs is 8. The Morgan fingerprint density at radius 2 is 1.13 bits per heavy atom. The molecule has 0 atom stereocenters. The van der Waals surface area contributed by atoms with Crippen LogP contribution in [0.3, 0.4) is 0 Å². The molecule has 5 heteroatoms. The monoisotopic (exact) mass is 602 g/mol. The largest absolute Gasteiger partial charge is 0.456 e. The van der Waals surface area contributed by atoms with Crippen molar-refractivity contribution in [1.82, 2.24) is 18.9 Å². The van der Waals surface area contributed by atoms with E-state index in [9.17, 15) is 0 Å². The maximum absolute atomic E-state index is 6.49. The van der Waals surface area contributed by atoms with Crippen molar-refractivity contribution in [2.45, 2.75) is 0 Å². The molecule has 0 aliphatic heterocycles. The predicted molar refractivity (Wildman–Crippen MR) is 191 cm³/mol. The van der Waals surface area contributed by atoms with Gasteiger partial charge in [0.2, 0.25) is 5.78 Å². The first-order valence-electron chi connectivity index (χ1n) is 15.8. The van der Waals surface area contributed by atoms with Gasteiger partial charge in [-0.2, -0.15) is 0 Å². The smallest absolute Gasteiger partial charge is 0.220 e. The molecule has 0 bridgehead atoms. The van der Waals surface area contributed by atoms with Gasteiger partial charge in [-0.1, -0.05) is 91.0 Å². The van der Waals surface area contributed by atoms with E-state index in [0.717, 1.165) is 89.1 Å². The Labute approximate surface area is 269 Å². The lowest BCUT2D eigenvalue weighted by Crippen LogP contribution is -1.96. The van der Waals surface area contributed by atoms with Gasteiger partial charge in [0.05, 0.1) is 44.5 Å². The number of benzene rings is 6. The van der Waals surface area contributed by atoms with E-state index in [1.54, 1.807) is 0 Å². The number of hydrogen-bond donors (Lipinski definition) is 0. The van der Waals surface area contributed by atoms with Crippen LogP contribution in [0.4, 0.5) is 0 Å². The first-order chi connectivity index (χ1) is 23.3. The number of furan rings is 1. The highest BCUT2D eigenvalue weighted by molar-refractivity contribution is 6.11. The summed E-state index contributed by atoms with van der Waals surface area (Å²) in [5.74, 6) is 0.870. The van der Waals surface area contributed by atoms with Crippen molar-refractivity contribution in [3.05, 3.63) is 158 Å². The van der Waals surface area contributed by atoms with Gasteiger partial charge in [-0.3, -0.25) is 8.97 Å². The SMILES string of the molecule is c1ccc(-c2cc(-c3ccccc3)nc(-c3ccc4oc5cccc(-n6c7ccccc7n7c8ccccc8nc67)c5c4c3)c2)cc1. The minimum absolute atomic E-state index is 0.831. The van der Waals surface area contributed by atoms with Gasteiger partial charge in [-0.15, -0.1) is 0 Å². The Kier molecular flexibility index (Phi) is 5.51. The van der Waals surface area contributed by atoms with Gasteiger partial charge in [0, 0.05) is 16.5 Å². The third kappa shape index (κ3) is 3.97. The molecule has 0 spiro atoms. The van der Waals surface area contributed by atoms with E-state index in [2.05, 4.69) is 142 Å². The molecule has 220 valence electrons. The second-order valence-corrected chi connectivity index (χ2v) is 11.9. The maximum atomic E-state index is 6.49. The first kappa shape index (κ1) is 25.8. The van der Waals surface area contributed by atoms with Crippen molar-refractivity contribution in [1.29, 1.82) is 0 Å². The zero-order valence-corrected chi connectivity index (χ0v) is 25.2. The second-order valence-electron chi connectivity index (χ2n) is 11.9. The first-order valence-corrected chi connectivity index (χ1v) is 15.8. The summed E-state index contributed by atoms with van der Waals surface area (Å²) in [6.45, 7) is 0. The molecule has 5 nitrogen and oxygen atoms in total. The molecule has 0 radical (unpaired) electrons. The van der Waals surface area contributed by atoms with Crippen LogP contribution in [-0.4, -0.2) is 18.9 Å².